The zero-order valence-electron chi connectivity index (χ0n) is 12.9. The summed E-state index contributed by atoms with van der Waals surface area (Å²) >= 11 is 6.11. The number of nitrogens with zero attached hydrogens (tertiary/aromatic N) is 1. The van der Waals surface area contributed by atoms with Crippen LogP contribution in [0, 0.1) is 0 Å². The van der Waals surface area contributed by atoms with Gasteiger partial charge in [-0.15, -0.1) is 0 Å². The third-order valence-corrected chi connectivity index (χ3v) is 4.71. The number of hydrogen-bond acceptors (Lipinski definition) is 3. The van der Waals surface area contributed by atoms with Gasteiger partial charge in [0.05, 0.1) is 16.8 Å². The number of benzene rings is 1. The Morgan fingerprint density at radius 2 is 2.24 bits per heavy atom. The van der Waals surface area contributed by atoms with Crippen molar-refractivity contribution in [3.8, 4) is 0 Å². The predicted molar refractivity (Wildman–Crippen MR) is 88.6 cm³/mol. The van der Waals surface area contributed by atoms with Gasteiger partial charge in [-0.3, -0.25) is 9.69 Å². The van der Waals surface area contributed by atoms with Gasteiger partial charge in [-0.25, -0.2) is 0 Å². The van der Waals surface area contributed by atoms with Crippen LogP contribution >= 0.6 is 11.6 Å². The molecule has 1 aromatic carbocycles. The van der Waals surface area contributed by atoms with Gasteiger partial charge in [0.25, 0.3) is 0 Å². The minimum Gasteiger partial charge on any atom is -0.399 e. The number of carbonyl (C=O) groups excluding carboxylic acids is 1. The molecule has 1 aromatic rings. The summed E-state index contributed by atoms with van der Waals surface area (Å²) in [6.45, 7) is 6.33. The molecule has 116 valence electrons. The van der Waals surface area contributed by atoms with E-state index in [-0.39, 0.29) is 11.9 Å². The number of nitrogen functional groups attached to an aromatic ring is 1. The maximum absolute atomic E-state index is 12.5. The van der Waals surface area contributed by atoms with Crippen LogP contribution in [0.25, 0.3) is 0 Å². The number of likely N-dealkylation sites (tertiary alicyclic amines) is 1. The molecular weight excluding hydrogens is 286 g/mol. The van der Waals surface area contributed by atoms with Crippen molar-refractivity contribution < 1.29 is 4.79 Å². The van der Waals surface area contributed by atoms with Crippen LogP contribution < -0.4 is 11.1 Å². The molecule has 5 heteroatoms. The monoisotopic (exact) mass is 309 g/mol. The molecule has 0 aromatic heterocycles. The molecule has 0 bridgehead atoms. The van der Waals surface area contributed by atoms with Gasteiger partial charge < -0.3 is 11.1 Å². The Morgan fingerprint density at radius 1 is 1.52 bits per heavy atom. The summed E-state index contributed by atoms with van der Waals surface area (Å²) in [5.41, 5.74) is 6.87. The van der Waals surface area contributed by atoms with E-state index in [1.165, 1.54) is 0 Å². The lowest BCUT2D eigenvalue weighted by Gasteiger charge is -2.33. The van der Waals surface area contributed by atoms with Crippen molar-refractivity contribution >= 4 is 28.9 Å². The third kappa shape index (κ3) is 3.50. The molecule has 0 spiro atoms. The molecule has 3 unspecified atom stereocenters. The summed E-state index contributed by atoms with van der Waals surface area (Å²) in [4.78, 5) is 14.8. The van der Waals surface area contributed by atoms with Crippen molar-refractivity contribution in [2.75, 3.05) is 11.1 Å². The van der Waals surface area contributed by atoms with Crippen molar-refractivity contribution in [3.05, 3.63) is 23.2 Å². The maximum Gasteiger partial charge on any atom is 0.241 e. The van der Waals surface area contributed by atoms with Gasteiger partial charge in [-0.2, -0.15) is 0 Å². The van der Waals surface area contributed by atoms with Crippen molar-refractivity contribution in [1.29, 1.82) is 0 Å². The first-order valence-electron chi connectivity index (χ1n) is 7.57. The number of hydrogen-bond donors (Lipinski definition) is 2. The third-order valence-electron chi connectivity index (χ3n) is 4.40. The average Bonchev–Trinajstić information content (AvgIpc) is 2.82. The number of anilines is 2. The fraction of sp³-hybridized carbons (Fsp3) is 0.562. The van der Waals surface area contributed by atoms with Crippen LogP contribution in [0.15, 0.2) is 18.2 Å². The van der Waals surface area contributed by atoms with E-state index >= 15 is 0 Å². The van der Waals surface area contributed by atoms with E-state index in [1.807, 2.05) is 6.92 Å². The van der Waals surface area contributed by atoms with Crippen LogP contribution in [0.5, 0.6) is 0 Å². The summed E-state index contributed by atoms with van der Waals surface area (Å²) in [6.07, 6.45) is 3.39. The molecule has 1 amide bonds. The van der Waals surface area contributed by atoms with E-state index in [9.17, 15) is 4.79 Å². The Morgan fingerprint density at radius 3 is 2.86 bits per heavy atom. The van der Waals surface area contributed by atoms with E-state index in [2.05, 4.69) is 24.1 Å². The van der Waals surface area contributed by atoms with Gasteiger partial charge >= 0.3 is 0 Å². The predicted octanol–water partition coefficient (Wildman–Crippen LogP) is 3.51. The van der Waals surface area contributed by atoms with Gasteiger partial charge in [0, 0.05) is 17.8 Å². The Kier molecular flexibility index (Phi) is 5.12. The zero-order chi connectivity index (χ0) is 15.6. The molecule has 3 N–H and O–H groups in total. The molecule has 1 aliphatic rings. The number of amides is 1. The Labute approximate surface area is 131 Å². The average molecular weight is 310 g/mol. The highest BCUT2D eigenvalue weighted by atomic mass is 35.5. The molecule has 21 heavy (non-hydrogen) atoms. The van der Waals surface area contributed by atoms with E-state index in [4.69, 9.17) is 17.3 Å². The lowest BCUT2D eigenvalue weighted by molar-refractivity contribution is -0.121. The fourth-order valence-electron chi connectivity index (χ4n) is 3.21. The highest BCUT2D eigenvalue weighted by Crippen LogP contribution is 2.29. The second-order valence-electron chi connectivity index (χ2n) is 5.84. The van der Waals surface area contributed by atoms with E-state index in [0.717, 1.165) is 19.3 Å². The first kappa shape index (κ1) is 16.1. The van der Waals surface area contributed by atoms with Gasteiger partial charge in [0.15, 0.2) is 0 Å². The first-order chi connectivity index (χ1) is 9.93. The summed E-state index contributed by atoms with van der Waals surface area (Å²) in [5.74, 6) is -0.0196. The van der Waals surface area contributed by atoms with Gasteiger partial charge in [0.2, 0.25) is 5.91 Å². The summed E-state index contributed by atoms with van der Waals surface area (Å²) in [7, 11) is 0. The molecule has 3 atom stereocenters. The maximum atomic E-state index is 12.5. The molecule has 0 saturated carbocycles. The highest BCUT2D eigenvalue weighted by molar-refractivity contribution is 6.34. The standard InChI is InChI=1S/C16H24ClN3O/c1-4-13-7-5-10(2)20(13)11(3)16(21)19-15-8-6-12(18)9-14(15)17/h6,8-11,13H,4-5,7,18H2,1-3H3,(H,19,21). The van der Waals surface area contributed by atoms with Crippen LogP contribution in [0.2, 0.25) is 5.02 Å². The van der Waals surface area contributed by atoms with Gasteiger partial charge in [0.1, 0.15) is 0 Å². The van der Waals surface area contributed by atoms with Crippen molar-refractivity contribution in [2.45, 2.75) is 58.2 Å². The van der Waals surface area contributed by atoms with Gasteiger partial charge in [-0.1, -0.05) is 18.5 Å². The van der Waals surface area contributed by atoms with Crippen LogP contribution in [0.3, 0.4) is 0 Å². The molecule has 1 aliphatic heterocycles. The quantitative estimate of drug-likeness (QED) is 0.837. The van der Waals surface area contributed by atoms with E-state index in [0.29, 0.717) is 28.5 Å². The number of halogens is 1. The fourth-order valence-corrected chi connectivity index (χ4v) is 3.45. The van der Waals surface area contributed by atoms with Crippen molar-refractivity contribution in [2.24, 2.45) is 0 Å². The molecule has 0 aliphatic carbocycles. The molecule has 1 fully saturated rings. The topological polar surface area (TPSA) is 58.4 Å². The Balaban J connectivity index is 2.08. The van der Waals surface area contributed by atoms with Crippen molar-refractivity contribution in [1.82, 2.24) is 4.90 Å². The smallest absolute Gasteiger partial charge is 0.241 e. The lowest BCUT2D eigenvalue weighted by Crippen LogP contribution is -2.47. The van der Waals surface area contributed by atoms with Gasteiger partial charge in [-0.05, 0) is 51.3 Å². The molecular formula is C16H24ClN3O. The number of nitrogens with one attached hydrogen (secondary N) is 1. The molecule has 1 heterocycles. The largest absolute Gasteiger partial charge is 0.399 e. The van der Waals surface area contributed by atoms with Crippen molar-refractivity contribution in [3.63, 3.8) is 0 Å². The summed E-state index contributed by atoms with van der Waals surface area (Å²) in [6, 6.07) is 5.89. The Hall–Kier alpha value is -1.26. The molecule has 2 rings (SSSR count). The van der Waals surface area contributed by atoms with E-state index < -0.39 is 0 Å². The van der Waals surface area contributed by atoms with Crippen LogP contribution in [-0.2, 0) is 4.79 Å². The number of nitrogens with two attached hydrogens (primary N) is 1. The second-order valence-corrected chi connectivity index (χ2v) is 6.25. The SMILES string of the molecule is CCC1CCC(C)N1C(C)C(=O)Nc1ccc(N)cc1Cl. The zero-order valence-corrected chi connectivity index (χ0v) is 13.7. The first-order valence-corrected chi connectivity index (χ1v) is 7.95. The van der Waals surface area contributed by atoms with Crippen LogP contribution in [-0.4, -0.2) is 28.9 Å². The normalized spacial score (nSPS) is 24.0. The number of carbonyl (C=O) groups is 1. The molecule has 1 saturated heterocycles. The van der Waals surface area contributed by atoms with Crippen LogP contribution in [0.1, 0.15) is 40.0 Å². The van der Waals surface area contributed by atoms with E-state index in [1.54, 1.807) is 18.2 Å². The lowest BCUT2D eigenvalue weighted by atomic mass is 10.1. The number of rotatable bonds is 4. The van der Waals surface area contributed by atoms with Crippen LogP contribution in [0.4, 0.5) is 11.4 Å². The minimum absolute atomic E-state index is 0.0196. The molecule has 0 radical (unpaired) electrons. The Bertz CT molecular complexity index is 520. The highest BCUT2D eigenvalue weighted by Gasteiger charge is 2.35. The second kappa shape index (κ2) is 6.67. The summed E-state index contributed by atoms with van der Waals surface area (Å²) < 4.78 is 0. The summed E-state index contributed by atoms with van der Waals surface area (Å²) in [5, 5.41) is 3.38. The molecule has 4 nitrogen and oxygen atoms in total. The minimum atomic E-state index is -0.166.